The van der Waals surface area contributed by atoms with Crippen LogP contribution in [0.2, 0.25) is 0 Å². The smallest absolute Gasteiger partial charge is 0.293 e. The number of aryl methyl sites for hydroxylation is 1. The number of nitro groups is 1. The fourth-order valence-electron chi connectivity index (χ4n) is 3.49. The molecule has 0 radical (unpaired) electrons. The number of likely N-dealkylation sites (tertiary alicyclic amines) is 1. The SMILES string of the molecule is CC(C)C(=O)N1CCC(Nc2ccc(C(=O)c3nccn3C)cc2[N+](=O)[O-])CC1. The maximum atomic E-state index is 12.6. The Morgan fingerprint density at radius 2 is 1.97 bits per heavy atom. The Hall–Kier alpha value is -3.23. The first-order valence-electron chi connectivity index (χ1n) is 9.63. The van der Waals surface area contributed by atoms with Gasteiger partial charge in [-0.25, -0.2) is 4.98 Å². The molecule has 9 heteroatoms. The summed E-state index contributed by atoms with van der Waals surface area (Å²) < 4.78 is 1.58. The molecule has 0 saturated carbocycles. The third-order valence-corrected chi connectivity index (χ3v) is 5.14. The number of hydrogen-bond acceptors (Lipinski definition) is 6. The number of piperidine rings is 1. The van der Waals surface area contributed by atoms with Gasteiger partial charge in [0.25, 0.3) is 5.69 Å². The van der Waals surface area contributed by atoms with Gasteiger partial charge in [-0.1, -0.05) is 13.8 Å². The van der Waals surface area contributed by atoms with Crippen molar-refractivity contribution in [1.82, 2.24) is 14.5 Å². The lowest BCUT2D eigenvalue weighted by atomic mass is 10.0. The molecule has 1 N–H and O–H groups in total. The third-order valence-electron chi connectivity index (χ3n) is 5.14. The van der Waals surface area contributed by atoms with Crippen LogP contribution in [0.25, 0.3) is 0 Å². The molecule has 1 amide bonds. The van der Waals surface area contributed by atoms with Gasteiger partial charge in [0, 0.05) is 56.1 Å². The zero-order valence-electron chi connectivity index (χ0n) is 16.8. The second kappa shape index (κ2) is 8.42. The highest BCUT2D eigenvalue weighted by atomic mass is 16.6. The Morgan fingerprint density at radius 3 is 2.52 bits per heavy atom. The van der Waals surface area contributed by atoms with Crippen molar-refractivity contribution >= 4 is 23.1 Å². The number of nitro benzene ring substituents is 1. The van der Waals surface area contributed by atoms with Crippen LogP contribution in [0.1, 0.15) is 42.9 Å². The van der Waals surface area contributed by atoms with E-state index in [1.807, 2.05) is 18.7 Å². The number of nitrogens with one attached hydrogen (secondary N) is 1. The van der Waals surface area contributed by atoms with Crippen LogP contribution < -0.4 is 5.32 Å². The summed E-state index contributed by atoms with van der Waals surface area (Å²) in [4.78, 5) is 41.7. The molecule has 0 spiro atoms. The van der Waals surface area contributed by atoms with Crippen molar-refractivity contribution in [2.24, 2.45) is 13.0 Å². The molecule has 29 heavy (non-hydrogen) atoms. The highest BCUT2D eigenvalue weighted by molar-refractivity contribution is 6.07. The average molecular weight is 399 g/mol. The number of carbonyl (C=O) groups is 2. The number of anilines is 1. The first kappa shape index (κ1) is 20.5. The summed E-state index contributed by atoms with van der Waals surface area (Å²) in [7, 11) is 1.70. The van der Waals surface area contributed by atoms with E-state index in [0.717, 1.165) is 0 Å². The minimum Gasteiger partial charge on any atom is -0.377 e. The first-order chi connectivity index (χ1) is 13.8. The number of carbonyl (C=O) groups excluding carboxylic acids is 2. The van der Waals surface area contributed by atoms with Crippen molar-refractivity contribution in [1.29, 1.82) is 0 Å². The van der Waals surface area contributed by atoms with E-state index in [1.165, 1.54) is 12.3 Å². The number of imidazole rings is 1. The van der Waals surface area contributed by atoms with Gasteiger partial charge >= 0.3 is 0 Å². The van der Waals surface area contributed by atoms with Crippen molar-refractivity contribution < 1.29 is 14.5 Å². The van der Waals surface area contributed by atoms with E-state index in [2.05, 4.69) is 10.3 Å². The highest BCUT2D eigenvalue weighted by Crippen LogP contribution is 2.29. The Labute approximate surface area is 168 Å². The van der Waals surface area contributed by atoms with Gasteiger partial charge in [0.15, 0.2) is 5.82 Å². The van der Waals surface area contributed by atoms with Crippen LogP contribution in [-0.2, 0) is 11.8 Å². The number of nitrogens with zero attached hydrogens (tertiary/aromatic N) is 4. The second-order valence-corrected chi connectivity index (χ2v) is 7.58. The van der Waals surface area contributed by atoms with E-state index in [9.17, 15) is 19.7 Å². The van der Waals surface area contributed by atoms with Crippen LogP contribution in [0.3, 0.4) is 0 Å². The summed E-state index contributed by atoms with van der Waals surface area (Å²) in [6, 6.07) is 4.46. The molecule has 1 aromatic carbocycles. The quantitative estimate of drug-likeness (QED) is 0.454. The Bertz CT molecular complexity index is 929. The van der Waals surface area contributed by atoms with Gasteiger partial charge in [-0.2, -0.15) is 0 Å². The highest BCUT2D eigenvalue weighted by Gasteiger charge is 2.26. The fourth-order valence-corrected chi connectivity index (χ4v) is 3.49. The van der Waals surface area contributed by atoms with Crippen LogP contribution in [0.5, 0.6) is 0 Å². The summed E-state index contributed by atoms with van der Waals surface area (Å²) in [6.07, 6.45) is 4.58. The lowest BCUT2D eigenvalue weighted by Crippen LogP contribution is -2.44. The molecule has 0 aliphatic carbocycles. The first-order valence-corrected chi connectivity index (χ1v) is 9.63. The predicted octanol–water partition coefficient (Wildman–Crippen LogP) is 2.62. The number of hydrogen-bond donors (Lipinski definition) is 1. The van der Waals surface area contributed by atoms with Gasteiger partial charge < -0.3 is 14.8 Å². The van der Waals surface area contributed by atoms with Crippen molar-refractivity contribution in [2.45, 2.75) is 32.7 Å². The molecule has 0 unspecified atom stereocenters. The van der Waals surface area contributed by atoms with Crippen molar-refractivity contribution in [2.75, 3.05) is 18.4 Å². The number of aromatic nitrogens is 2. The molecule has 1 saturated heterocycles. The van der Waals surface area contributed by atoms with E-state index in [0.29, 0.717) is 31.6 Å². The Morgan fingerprint density at radius 1 is 1.28 bits per heavy atom. The maximum Gasteiger partial charge on any atom is 0.293 e. The molecule has 154 valence electrons. The van der Waals surface area contributed by atoms with Crippen molar-refractivity contribution in [3.63, 3.8) is 0 Å². The maximum absolute atomic E-state index is 12.6. The van der Waals surface area contributed by atoms with E-state index >= 15 is 0 Å². The van der Waals surface area contributed by atoms with Gasteiger partial charge in [-0.15, -0.1) is 0 Å². The van der Waals surface area contributed by atoms with Crippen LogP contribution in [0.4, 0.5) is 11.4 Å². The molecule has 0 atom stereocenters. The lowest BCUT2D eigenvalue weighted by molar-refractivity contribution is -0.384. The molecular formula is C20H25N5O4. The summed E-state index contributed by atoms with van der Waals surface area (Å²) in [5, 5.41) is 14.8. The molecule has 1 fully saturated rings. The van der Waals surface area contributed by atoms with Crippen molar-refractivity contribution in [3.05, 3.63) is 52.1 Å². The topological polar surface area (TPSA) is 110 Å². The van der Waals surface area contributed by atoms with E-state index in [-0.39, 0.29) is 40.7 Å². The molecule has 1 aromatic heterocycles. The molecule has 0 bridgehead atoms. The number of amides is 1. The van der Waals surface area contributed by atoms with Gasteiger partial charge in [-0.05, 0) is 25.0 Å². The van der Waals surface area contributed by atoms with Crippen LogP contribution in [0, 0.1) is 16.0 Å². The third kappa shape index (κ3) is 4.44. The molecule has 1 aliphatic heterocycles. The number of ketones is 1. The van der Waals surface area contributed by atoms with Crippen LogP contribution in [0.15, 0.2) is 30.6 Å². The molecular weight excluding hydrogens is 374 g/mol. The monoisotopic (exact) mass is 399 g/mol. The number of benzene rings is 1. The number of rotatable bonds is 6. The zero-order chi connectivity index (χ0) is 21.1. The van der Waals surface area contributed by atoms with E-state index < -0.39 is 4.92 Å². The molecule has 3 rings (SSSR count). The van der Waals surface area contributed by atoms with Crippen LogP contribution in [-0.4, -0.2) is 50.2 Å². The summed E-state index contributed by atoms with van der Waals surface area (Å²) in [6.45, 7) is 5.00. The Balaban J connectivity index is 1.74. The fraction of sp³-hybridized carbons (Fsp3) is 0.450. The predicted molar refractivity (Wildman–Crippen MR) is 108 cm³/mol. The normalized spacial score (nSPS) is 14.8. The van der Waals surface area contributed by atoms with E-state index in [4.69, 9.17) is 0 Å². The van der Waals surface area contributed by atoms with Gasteiger partial charge in [-0.3, -0.25) is 19.7 Å². The molecule has 9 nitrogen and oxygen atoms in total. The van der Waals surface area contributed by atoms with Gasteiger partial charge in [0.2, 0.25) is 11.7 Å². The van der Waals surface area contributed by atoms with Crippen molar-refractivity contribution in [3.8, 4) is 0 Å². The minimum absolute atomic E-state index is 0.0287. The second-order valence-electron chi connectivity index (χ2n) is 7.58. The summed E-state index contributed by atoms with van der Waals surface area (Å²) in [5.41, 5.74) is 0.444. The largest absolute Gasteiger partial charge is 0.377 e. The lowest BCUT2D eigenvalue weighted by Gasteiger charge is -2.33. The average Bonchev–Trinajstić information content (AvgIpc) is 3.13. The minimum atomic E-state index is -0.491. The van der Waals surface area contributed by atoms with E-state index in [1.54, 1.807) is 29.9 Å². The molecule has 2 aromatic rings. The van der Waals surface area contributed by atoms with Gasteiger partial charge in [0.05, 0.1) is 4.92 Å². The molecule has 2 heterocycles. The summed E-state index contributed by atoms with van der Waals surface area (Å²) in [5.74, 6) is -0.0502. The molecule has 1 aliphatic rings. The van der Waals surface area contributed by atoms with Gasteiger partial charge in [0.1, 0.15) is 5.69 Å². The standard InChI is InChI=1S/C20H25N5O4/c1-13(2)20(27)24-9-6-15(7-10-24)22-16-5-4-14(12-17(16)25(28)29)18(26)19-21-8-11-23(19)3/h4-5,8,11-13,15,22H,6-7,9-10H2,1-3H3. The summed E-state index contributed by atoms with van der Waals surface area (Å²) >= 11 is 0. The zero-order valence-corrected chi connectivity index (χ0v) is 16.8. The van der Waals surface area contributed by atoms with Crippen LogP contribution >= 0.6 is 0 Å². The Kier molecular flexibility index (Phi) is 5.95.